The lowest BCUT2D eigenvalue weighted by atomic mass is 9.89. The Morgan fingerprint density at radius 2 is 2.00 bits per heavy atom. The molecule has 2 amide bonds. The lowest BCUT2D eigenvalue weighted by molar-refractivity contribution is 0.0712. The smallest absolute Gasteiger partial charge is 0.269 e. The molecule has 0 unspecified atom stereocenters. The number of nitrogens with one attached hydrogen (secondary N) is 2. The Balaban J connectivity index is 1.43. The summed E-state index contributed by atoms with van der Waals surface area (Å²) in [6.45, 7) is 1.40. The van der Waals surface area contributed by atoms with Gasteiger partial charge in [-0.1, -0.05) is 0 Å². The number of fused-ring (bicyclic) bond motifs is 1. The SMILES string of the molecule is CNC(=O)c1ccc(C(=O)N2CCC(c3c[nH]c4ncccc34)CC2)cn1. The Morgan fingerprint density at radius 3 is 2.70 bits per heavy atom. The molecule has 3 aromatic heterocycles. The van der Waals surface area contributed by atoms with E-state index in [-0.39, 0.29) is 11.8 Å². The summed E-state index contributed by atoms with van der Waals surface area (Å²) in [5, 5.41) is 3.68. The number of rotatable bonds is 3. The van der Waals surface area contributed by atoms with E-state index in [1.54, 1.807) is 25.4 Å². The van der Waals surface area contributed by atoms with Gasteiger partial charge in [-0.2, -0.15) is 0 Å². The molecular formula is C20H21N5O2. The Labute approximate surface area is 156 Å². The first kappa shape index (κ1) is 17.2. The molecular weight excluding hydrogens is 342 g/mol. The summed E-state index contributed by atoms with van der Waals surface area (Å²) in [4.78, 5) is 37.8. The zero-order valence-corrected chi connectivity index (χ0v) is 15.1. The number of hydrogen-bond acceptors (Lipinski definition) is 4. The van der Waals surface area contributed by atoms with Gasteiger partial charge in [0.15, 0.2) is 0 Å². The molecule has 0 radical (unpaired) electrons. The van der Waals surface area contributed by atoms with Gasteiger partial charge in [-0.15, -0.1) is 0 Å². The number of carbonyl (C=O) groups is 2. The van der Waals surface area contributed by atoms with Gasteiger partial charge in [-0.3, -0.25) is 14.6 Å². The molecule has 4 rings (SSSR count). The van der Waals surface area contributed by atoms with Gasteiger partial charge in [0.2, 0.25) is 0 Å². The Kier molecular flexibility index (Phi) is 4.58. The van der Waals surface area contributed by atoms with E-state index < -0.39 is 0 Å². The van der Waals surface area contributed by atoms with Crippen LogP contribution in [0.15, 0.2) is 42.9 Å². The van der Waals surface area contributed by atoms with Gasteiger partial charge >= 0.3 is 0 Å². The molecule has 4 heterocycles. The van der Waals surface area contributed by atoms with Crippen molar-refractivity contribution in [3.63, 3.8) is 0 Å². The van der Waals surface area contributed by atoms with Gasteiger partial charge in [0.05, 0.1) is 5.56 Å². The molecule has 0 aliphatic carbocycles. The highest BCUT2D eigenvalue weighted by atomic mass is 16.2. The van der Waals surface area contributed by atoms with Crippen LogP contribution in [-0.2, 0) is 0 Å². The van der Waals surface area contributed by atoms with E-state index in [4.69, 9.17) is 0 Å². The Morgan fingerprint density at radius 1 is 1.19 bits per heavy atom. The number of amides is 2. The summed E-state index contributed by atoms with van der Waals surface area (Å²) in [7, 11) is 1.55. The topological polar surface area (TPSA) is 91.0 Å². The average Bonchev–Trinajstić information content (AvgIpc) is 3.17. The highest BCUT2D eigenvalue weighted by Crippen LogP contribution is 2.32. The van der Waals surface area contributed by atoms with Crippen LogP contribution >= 0.6 is 0 Å². The van der Waals surface area contributed by atoms with E-state index in [1.807, 2.05) is 17.2 Å². The number of H-pyrrole nitrogens is 1. The molecule has 1 fully saturated rings. The maximum absolute atomic E-state index is 12.7. The van der Waals surface area contributed by atoms with E-state index in [0.29, 0.717) is 30.3 Å². The zero-order valence-electron chi connectivity index (χ0n) is 15.1. The molecule has 2 N–H and O–H groups in total. The van der Waals surface area contributed by atoms with Gasteiger partial charge in [0.25, 0.3) is 11.8 Å². The third-order valence-corrected chi connectivity index (χ3v) is 5.18. The van der Waals surface area contributed by atoms with Gasteiger partial charge in [-0.05, 0) is 48.6 Å². The highest BCUT2D eigenvalue weighted by molar-refractivity contribution is 5.96. The zero-order chi connectivity index (χ0) is 18.8. The molecule has 0 saturated carbocycles. The molecule has 138 valence electrons. The molecule has 1 aliphatic heterocycles. The lowest BCUT2D eigenvalue weighted by Gasteiger charge is -2.32. The highest BCUT2D eigenvalue weighted by Gasteiger charge is 2.26. The fourth-order valence-electron chi connectivity index (χ4n) is 3.67. The fourth-order valence-corrected chi connectivity index (χ4v) is 3.67. The molecule has 0 bridgehead atoms. The van der Waals surface area contributed by atoms with Gasteiger partial charge < -0.3 is 15.2 Å². The van der Waals surface area contributed by atoms with Crippen LogP contribution in [0.5, 0.6) is 0 Å². The lowest BCUT2D eigenvalue weighted by Crippen LogP contribution is -2.38. The normalized spacial score (nSPS) is 15.1. The molecule has 3 aromatic rings. The standard InChI is InChI=1S/C20H21N5O2/c1-21-19(26)17-5-4-14(11-23-17)20(27)25-9-6-13(7-10-25)16-12-24-18-15(16)3-2-8-22-18/h2-5,8,11-13H,6-7,9-10H2,1H3,(H,21,26)(H,22,24). The van der Waals surface area contributed by atoms with Crippen molar-refractivity contribution < 1.29 is 9.59 Å². The minimum absolute atomic E-state index is 0.0370. The first-order valence-corrected chi connectivity index (χ1v) is 9.07. The number of hydrogen-bond donors (Lipinski definition) is 2. The predicted octanol–water partition coefficient (Wildman–Crippen LogP) is 2.34. The third-order valence-electron chi connectivity index (χ3n) is 5.18. The second kappa shape index (κ2) is 7.19. The predicted molar refractivity (Wildman–Crippen MR) is 102 cm³/mol. The summed E-state index contributed by atoms with van der Waals surface area (Å²) in [5.74, 6) is 0.119. The molecule has 7 heteroatoms. The number of pyridine rings is 2. The van der Waals surface area contributed by atoms with Gasteiger partial charge in [-0.25, -0.2) is 4.98 Å². The molecule has 1 saturated heterocycles. The van der Waals surface area contributed by atoms with Gasteiger partial charge in [0, 0.05) is 44.1 Å². The van der Waals surface area contributed by atoms with Crippen molar-refractivity contribution in [1.29, 1.82) is 0 Å². The first-order chi connectivity index (χ1) is 13.2. The Bertz CT molecular complexity index is 971. The largest absolute Gasteiger partial charge is 0.354 e. The van der Waals surface area contributed by atoms with Crippen molar-refractivity contribution in [2.24, 2.45) is 0 Å². The number of aromatic nitrogens is 3. The summed E-state index contributed by atoms with van der Waals surface area (Å²) >= 11 is 0. The first-order valence-electron chi connectivity index (χ1n) is 9.07. The maximum Gasteiger partial charge on any atom is 0.269 e. The second-order valence-corrected chi connectivity index (χ2v) is 6.72. The van der Waals surface area contributed by atoms with Crippen LogP contribution in [0.25, 0.3) is 11.0 Å². The van der Waals surface area contributed by atoms with E-state index in [1.165, 1.54) is 11.8 Å². The van der Waals surface area contributed by atoms with Crippen LogP contribution in [0, 0.1) is 0 Å². The van der Waals surface area contributed by atoms with Crippen molar-refractivity contribution in [3.05, 3.63) is 59.7 Å². The Hall–Kier alpha value is -3.22. The maximum atomic E-state index is 12.7. The van der Waals surface area contributed by atoms with E-state index in [9.17, 15) is 9.59 Å². The molecule has 0 aromatic carbocycles. The number of piperidine rings is 1. The fraction of sp³-hybridized carbons (Fsp3) is 0.300. The van der Waals surface area contributed by atoms with Crippen LogP contribution < -0.4 is 5.32 Å². The summed E-state index contributed by atoms with van der Waals surface area (Å²) in [5.41, 5.74) is 3.01. The van der Waals surface area contributed by atoms with Crippen molar-refractivity contribution in [2.75, 3.05) is 20.1 Å². The number of likely N-dealkylation sites (tertiary alicyclic amines) is 1. The number of carbonyl (C=O) groups excluding carboxylic acids is 2. The summed E-state index contributed by atoms with van der Waals surface area (Å²) in [6, 6.07) is 7.29. The molecule has 0 spiro atoms. The van der Waals surface area contributed by atoms with E-state index >= 15 is 0 Å². The van der Waals surface area contributed by atoms with Crippen molar-refractivity contribution in [2.45, 2.75) is 18.8 Å². The molecule has 1 aliphatic rings. The summed E-state index contributed by atoms with van der Waals surface area (Å²) in [6.07, 6.45) is 7.13. The van der Waals surface area contributed by atoms with E-state index in [2.05, 4.69) is 26.3 Å². The summed E-state index contributed by atoms with van der Waals surface area (Å²) < 4.78 is 0. The molecule has 7 nitrogen and oxygen atoms in total. The minimum atomic E-state index is -0.261. The van der Waals surface area contributed by atoms with Crippen LogP contribution in [0.4, 0.5) is 0 Å². The van der Waals surface area contributed by atoms with E-state index in [0.717, 1.165) is 23.9 Å². The second-order valence-electron chi connectivity index (χ2n) is 6.72. The minimum Gasteiger partial charge on any atom is -0.354 e. The van der Waals surface area contributed by atoms with Crippen molar-refractivity contribution >= 4 is 22.8 Å². The van der Waals surface area contributed by atoms with Crippen LogP contribution in [0.1, 0.15) is 45.2 Å². The molecule has 27 heavy (non-hydrogen) atoms. The average molecular weight is 363 g/mol. The van der Waals surface area contributed by atoms with Crippen LogP contribution in [-0.4, -0.2) is 51.8 Å². The third kappa shape index (κ3) is 3.28. The monoisotopic (exact) mass is 363 g/mol. The quantitative estimate of drug-likeness (QED) is 0.747. The van der Waals surface area contributed by atoms with Crippen LogP contribution in [0.2, 0.25) is 0 Å². The number of nitrogens with zero attached hydrogens (tertiary/aromatic N) is 3. The van der Waals surface area contributed by atoms with Crippen molar-refractivity contribution in [1.82, 2.24) is 25.2 Å². The number of aromatic amines is 1. The molecule has 0 atom stereocenters. The van der Waals surface area contributed by atoms with Gasteiger partial charge in [0.1, 0.15) is 11.3 Å². The van der Waals surface area contributed by atoms with Crippen molar-refractivity contribution in [3.8, 4) is 0 Å². The van der Waals surface area contributed by atoms with Crippen LogP contribution in [0.3, 0.4) is 0 Å².